The minimum absolute atomic E-state index is 0.116. The molecule has 0 aliphatic rings. The molecule has 2 N–H and O–H groups in total. The van der Waals surface area contributed by atoms with Gasteiger partial charge in [-0.05, 0) is 17.7 Å². The molecular formula is C20H17N3O4. The van der Waals surface area contributed by atoms with Gasteiger partial charge in [0, 0.05) is 24.8 Å². The number of pyridine rings is 1. The molecule has 1 heterocycles. The second-order valence-corrected chi connectivity index (χ2v) is 5.94. The molecule has 0 fully saturated rings. The summed E-state index contributed by atoms with van der Waals surface area (Å²) < 4.78 is 0. The Hall–Kier alpha value is -3.74. The Morgan fingerprint density at radius 2 is 2.00 bits per heavy atom. The number of nitro groups is 1. The molecule has 0 aliphatic heterocycles. The van der Waals surface area contributed by atoms with Crippen LogP contribution in [0.5, 0.6) is 5.75 Å². The molecule has 0 saturated heterocycles. The zero-order valence-electron chi connectivity index (χ0n) is 14.5. The van der Waals surface area contributed by atoms with E-state index >= 15 is 0 Å². The maximum absolute atomic E-state index is 11.7. The van der Waals surface area contributed by atoms with Crippen LogP contribution < -0.4 is 5.32 Å². The maximum atomic E-state index is 11.7. The Morgan fingerprint density at radius 3 is 2.67 bits per heavy atom. The van der Waals surface area contributed by atoms with Crippen molar-refractivity contribution in [3.05, 3.63) is 82.0 Å². The van der Waals surface area contributed by atoms with Gasteiger partial charge in [0.1, 0.15) is 11.3 Å². The number of non-ortho nitro benzene ring substituents is 1. The van der Waals surface area contributed by atoms with E-state index < -0.39 is 11.0 Å². The molecule has 0 radical (unpaired) electrons. The van der Waals surface area contributed by atoms with Gasteiger partial charge < -0.3 is 10.4 Å². The average Bonchev–Trinajstić information content (AvgIpc) is 2.66. The minimum atomic E-state index is -0.757. The van der Waals surface area contributed by atoms with Crippen molar-refractivity contribution in [2.45, 2.75) is 13.0 Å². The van der Waals surface area contributed by atoms with Gasteiger partial charge in [-0.1, -0.05) is 42.5 Å². The third kappa shape index (κ3) is 3.92. The van der Waals surface area contributed by atoms with Gasteiger partial charge in [0.05, 0.1) is 16.4 Å². The number of fused-ring (bicyclic) bond motifs is 1. The maximum Gasteiger partial charge on any atom is 0.279 e. The largest absolute Gasteiger partial charge is 0.505 e. The topological polar surface area (TPSA) is 105 Å². The molecule has 7 nitrogen and oxygen atoms in total. The van der Waals surface area contributed by atoms with E-state index in [-0.39, 0.29) is 33.8 Å². The van der Waals surface area contributed by atoms with Gasteiger partial charge in [0.15, 0.2) is 0 Å². The van der Waals surface area contributed by atoms with E-state index in [1.807, 2.05) is 30.3 Å². The first kappa shape index (κ1) is 18.1. The number of aromatic hydroxyl groups is 1. The quantitative estimate of drug-likeness (QED) is 0.531. The van der Waals surface area contributed by atoms with Crippen LogP contribution in [0.1, 0.15) is 24.1 Å². The van der Waals surface area contributed by atoms with Crippen LogP contribution in [0.25, 0.3) is 17.0 Å². The van der Waals surface area contributed by atoms with Crippen molar-refractivity contribution in [2.75, 3.05) is 0 Å². The molecule has 0 unspecified atom stereocenters. The monoisotopic (exact) mass is 363 g/mol. The normalized spacial score (nSPS) is 12.2. The Labute approximate surface area is 155 Å². The molecule has 1 atom stereocenters. The number of nitrogens with one attached hydrogen (secondary N) is 1. The number of nitro benzene ring substituents is 1. The first-order valence-corrected chi connectivity index (χ1v) is 8.22. The number of benzene rings is 2. The van der Waals surface area contributed by atoms with E-state index in [0.717, 1.165) is 5.56 Å². The van der Waals surface area contributed by atoms with E-state index in [0.29, 0.717) is 0 Å². The highest BCUT2D eigenvalue weighted by molar-refractivity contribution is 5.93. The van der Waals surface area contributed by atoms with Crippen molar-refractivity contribution in [3.63, 3.8) is 0 Å². The van der Waals surface area contributed by atoms with Crippen molar-refractivity contribution in [2.24, 2.45) is 0 Å². The van der Waals surface area contributed by atoms with Crippen LogP contribution in [-0.2, 0) is 4.79 Å². The summed E-state index contributed by atoms with van der Waals surface area (Å²) in [6.45, 7) is 1.34. The highest BCUT2D eigenvalue weighted by Gasteiger charge is 2.23. The molecule has 0 aliphatic carbocycles. The van der Waals surface area contributed by atoms with Crippen LogP contribution in [0.2, 0.25) is 0 Å². The average molecular weight is 363 g/mol. The van der Waals surface area contributed by atoms with Crippen LogP contribution in [0, 0.1) is 10.1 Å². The smallest absolute Gasteiger partial charge is 0.279 e. The lowest BCUT2D eigenvalue weighted by atomic mass is 10.00. The molecule has 0 bridgehead atoms. The predicted molar refractivity (Wildman–Crippen MR) is 102 cm³/mol. The second kappa shape index (κ2) is 7.65. The van der Waals surface area contributed by atoms with Crippen molar-refractivity contribution in [3.8, 4) is 5.75 Å². The number of nitrogens with zero attached hydrogens (tertiary/aromatic N) is 2. The van der Waals surface area contributed by atoms with E-state index in [4.69, 9.17) is 0 Å². The number of carbonyl (C=O) groups is 1. The molecule has 1 aromatic heterocycles. The van der Waals surface area contributed by atoms with Gasteiger partial charge in [-0.2, -0.15) is 0 Å². The summed E-state index contributed by atoms with van der Waals surface area (Å²) in [5, 5.41) is 25.1. The summed E-state index contributed by atoms with van der Waals surface area (Å²) in [7, 11) is 0. The Bertz CT molecular complexity index is 1030. The van der Waals surface area contributed by atoms with Gasteiger partial charge >= 0.3 is 0 Å². The molecule has 3 aromatic rings. The number of hydrogen-bond donors (Lipinski definition) is 2. The third-order valence-electron chi connectivity index (χ3n) is 4.04. The number of amides is 1. The minimum Gasteiger partial charge on any atom is -0.505 e. The van der Waals surface area contributed by atoms with E-state index in [1.165, 1.54) is 25.3 Å². The number of hydrogen-bond acceptors (Lipinski definition) is 5. The number of aromatic nitrogens is 1. The van der Waals surface area contributed by atoms with Crippen molar-refractivity contribution < 1.29 is 14.8 Å². The highest BCUT2D eigenvalue weighted by Crippen LogP contribution is 2.38. The molecule has 7 heteroatoms. The van der Waals surface area contributed by atoms with Gasteiger partial charge in [-0.3, -0.25) is 19.9 Å². The molecule has 2 aromatic carbocycles. The highest BCUT2D eigenvalue weighted by atomic mass is 16.6. The Balaban J connectivity index is 2.15. The van der Waals surface area contributed by atoms with Crippen molar-refractivity contribution in [1.82, 2.24) is 10.3 Å². The van der Waals surface area contributed by atoms with Gasteiger partial charge in [0.2, 0.25) is 5.91 Å². The lowest BCUT2D eigenvalue weighted by molar-refractivity contribution is -0.383. The van der Waals surface area contributed by atoms with E-state index in [2.05, 4.69) is 10.3 Å². The fraction of sp³-hybridized carbons (Fsp3) is 0.100. The van der Waals surface area contributed by atoms with E-state index in [1.54, 1.807) is 18.2 Å². The Kier molecular flexibility index (Phi) is 5.12. The molecule has 1 amide bonds. The standard InChI is InChI=1S/C20H17N3O4/c1-13(24)22-17(10-9-14-6-3-2-4-7-14)16-12-18(23(26)27)15-8-5-11-21-19(15)20(16)25/h2-12,17,25H,1H3,(H,22,24)/b10-9+/t17-/m1/s1. The van der Waals surface area contributed by atoms with Crippen LogP contribution in [0.4, 0.5) is 5.69 Å². The van der Waals surface area contributed by atoms with Crippen LogP contribution in [0.3, 0.4) is 0 Å². The fourth-order valence-corrected chi connectivity index (χ4v) is 2.84. The number of carbonyl (C=O) groups excluding carboxylic acids is 1. The van der Waals surface area contributed by atoms with Crippen molar-refractivity contribution >= 4 is 28.6 Å². The summed E-state index contributed by atoms with van der Waals surface area (Å²) in [5.74, 6) is -0.534. The molecule has 3 rings (SSSR count). The number of phenolic OH excluding ortho intramolecular Hbond substituents is 1. The molecule has 0 spiro atoms. The van der Waals surface area contributed by atoms with Crippen LogP contribution in [0.15, 0.2) is 60.8 Å². The fourth-order valence-electron chi connectivity index (χ4n) is 2.84. The molecule has 136 valence electrons. The molecule has 27 heavy (non-hydrogen) atoms. The van der Waals surface area contributed by atoms with Gasteiger partial charge in [-0.25, -0.2) is 0 Å². The predicted octanol–water partition coefficient (Wildman–Crippen LogP) is 3.74. The first-order chi connectivity index (χ1) is 13.0. The van der Waals surface area contributed by atoms with Gasteiger partial charge in [-0.15, -0.1) is 0 Å². The lowest BCUT2D eigenvalue weighted by Crippen LogP contribution is -2.24. The van der Waals surface area contributed by atoms with Crippen molar-refractivity contribution in [1.29, 1.82) is 0 Å². The lowest BCUT2D eigenvalue weighted by Gasteiger charge is -2.17. The van der Waals surface area contributed by atoms with E-state index in [9.17, 15) is 20.0 Å². The summed E-state index contributed by atoms with van der Waals surface area (Å²) >= 11 is 0. The summed E-state index contributed by atoms with van der Waals surface area (Å²) in [6.07, 6.45) is 4.89. The van der Waals surface area contributed by atoms with Gasteiger partial charge in [0.25, 0.3) is 5.69 Å². The van der Waals surface area contributed by atoms with Crippen LogP contribution in [-0.4, -0.2) is 20.9 Å². The summed E-state index contributed by atoms with van der Waals surface area (Å²) in [5.41, 5.74) is 1.02. The summed E-state index contributed by atoms with van der Waals surface area (Å²) in [6, 6.07) is 13.0. The van der Waals surface area contributed by atoms with Crippen LogP contribution >= 0.6 is 0 Å². The molecule has 0 saturated carbocycles. The summed E-state index contributed by atoms with van der Waals surface area (Å²) in [4.78, 5) is 26.7. The number of phenols is 1. The zero-order chi connectivity index (χ0) is 19.4. The Morgan fingerprint density at radius 1 is 1.26 bits per heavy atom. The number of rotatable bonds is 5. The SMILES string of the molecule is CC(=O)N[C@H](/C=C/c1ccccc1)c1cc([N+](=O)[O-])c2cccnc2c1O. The second-order valence-electron chi connectivity index (χ2n) is 5.94. The third-order valence-corrected chi connectivity index (χ3v) is 4.04. The molecular weight excluding hydrogens is 346 g/mol. The zero-order valence-corrected chi connectivity index (χ0v) is 14.5. The first-order valence-electron chi connectivity index (χ1n) is 8.22.